The van der Waals surface area contributed by atoms with Crippen LogP contribution in [-0.2, 0) is 9.47 Å². The van der Waals surface area contributed by atoms with Gasteiger partial charge in [0.15, 0.2) is 11.5 Å². The minimum atomic E-state index is -0.487. The van der Waals surface area contributed by atoms with Crippen LogP contribution in [0.1, 0.15) is 40.0 Å². The lowest BCUT2D eigenvalue weighted by Gasteiger charge is -2.35. The van der Waals surface area contributed by atoms with Crippen molar-refractivity contribution in [1.29, 1.82) is 0 Å². The van der Waals surface area contributed by atoms with Gasteiger partial charge in [0.2, 0.25) is 5.95 Å². The molecule has 0 spiro atoms. The highest BCUT2D eigenvalue weighted by Gasteiger charge is 2.25. The molecule has 1 amide bonds. The summed E-state index contributed by atoms with van der Waals surface area (Å²) in [5, 5.41) is 3.28. The number of nitrogens with two attached hydrogens (primary N) is 1. The van der Waals surface area contributed by atoms with Gasteiger partial charge in [-0.3, -0.25) is 4.90 Å². The van der Waals surface area contributed by atoms with Crippen molar-refractivity contribution in [3.63, 3.8) is 0 Å². The monoisotopic (exact) mass is 634 g/mol. The summed E-state index contributed by atoms with van der Waals surface area (Å²) in [6.07, 6.45) is 4.13. The molecule has 2 aliphatic rings. The minimum Gasteiger partial charge on any atom is -0.493 e. The highest BCUT2D eigenvalue weighted by Crippen LogP contribution is 2.33. The van der Waals surface area contributed by atoms with E-state index in [1.165, 1.54) is 0 Å². The van der Waals surface area contributed by atoms with Gasteiger partial charge in [0.05, 0.1) is 38.3 Å². The van der Waals surface area contributed by atoms with Crippen molar-refractivity contribution >= 4 is 23.4 Å². The second-order valence-electron chi connectivity index (χ2n) is 12.4. The van der Waals surface area contributed by atoms with Gasteiger partial charge in [0.1, 0.15) is 17.5 Å². The van der Waals surface area contributed by atoms with Crippen LogP contribution in [0.3, 0.4) is 0 Å². The standard InChI is InChI=1S/C34H46N6O6/c1-34(2,3)46-33(41)40-17-15-39(16-18-40)14-5-19-44-31-23-25(7-9-30(31)42-4)37-32-36-13-10-28(38-32)24-6-8-29(27(35)22-24)45-26-11-20-43-21-12-26/h6-10,13,22-23,26H,5,11-12,14-21,35H2,1-4H3,(H,36,37,38). The number of piperazine rings is 1. The Morgan fingerprint density at radius 3 is 2.50 bits per heavy atom. The number of anilines is 3. The summed E-state index contributed by atoms with van der Waals surface area (Å²) in [7, 11) is 1.62. The lowest BCUT2D eigenvalue weighted by molar-refractivity contribution is 0.0142. The van der Waals surface area contributed by atoms with Crippen molar-refractivity contribution < 1.29 is 28.5 Å². The van der Waals surface area contributed by atoms with Crippen LogP contribution < -0.4 is 25.3 Å². The van der Waals surface area contributed by atoms with Crippen LogP contribution >= 0.6 is 0 Å². The molecule has 0 atom stereocenters. The summed E-state index contributed by atoms with van der Waals surface area (Å²) in [5.74, 6) is 2.39. The lowest BCUT2D eigenvalue weighted by Crippen LogP contribution is -2.50. The molecule has 5 rings (SSSR count). The summed E-state index contributed by atoms with van der Waals surface area (Å²) < 4.78 is 28.7. The Balaban J connectivity index is 1.13. The first-order chi connectivity index (χ1) is 22.2. The first-order valence-electron chi connectivity index (χ1n) is 15.9. The third-order valence-electron chi connectivity index (χ3n) is 7.74. The predicted molar refractivity (Wildman–Crippen MR) is 177 cm³/mol. The van der Waals surface area contributed by atoms with Crippen LogP contribution in [0.25, 0.3) is 11.3 Å². The largest absolute Gasteiger partial charge is 0.493 e. The number of ether oxygens (including phenoxy) is 5. The summed E-state index contributed by atoms with van der Waals surface area (Å²) >= 11 is 0. The molecule has 12 nitrogen and oxygen atoms in total. The Bertz CT molecular complexity index is 1450. The third-order valence-corrected chi connectivity index (χ3v) is 7.74. The smallest absolute Gasteiger partial charge is 0.410 e. The number of hydrogen-bond donors (Lipinski definition) is 2. The van der Waals surface area contributed by atoms with E-state index in [2.05, 4.69) is 15.2 Å². The maximum Gasteiger partial charge on any atom is 0.410 e. The number of nitrogen functional groups attached to an aromatic ring is 1. The van der Waals surface area contributed by atoms with Crippen molar-refractivity contribution in [3.8, 4) is 28.5 Å². The van der Waals surface area contributed by atoms with E-state index >= 15 is 0 Å². The topological polar surface area (TPSA) is 134 Å². The number of rotatable bonds is 11. The zero-order valence-corrected chi connectivity index (χ0v) is 27.3. The van der Waals surface area contributed by atoms with E-state index in [9.17, 15) is 4.79 Å². The summed E-state index contributed by atoms with van der Waals surface area (Å²) in [6, 6.07) is 13.2. The van der Waals surface area contributed by atoms with Gasteiger partial charge in [0.25, 0.3) is 0 Å². The van der Waals surface area contributed by atoms with E-state index in [4.69, 9.17) is 34.4 Å². The van der Waals surface area contributed by atoms with E-state index in [-0.39, 0.29) is 12.2 Å². The molecule has 1 aromatic heterocycles. The SMILES string of the molecule is COc1ccc(Nc2nccc(-c3ccc(OC4CCOCC4)c(N)c3)n2)cc1OCCCN1CCN(C(=O)OC(C)(C)C)CC1. The fourth-order valence-electron chi connectivity index (χ4n) is 5.32. The van der Waals surface area contributed by atoms with E-state index < -0.39 is 5.60 Å². The van der Waals surface area contributed by atoms with Crippen molar-refractivity contribution in [2.75, 3.05) is 70.7 Å². The molecule has 0 aliphatic carbocycles. The molecule has 12 heteroatoms. The molecule has 2 aromatic carbocycles. The van der Waals surface area contributed by atoms with Crippen LogP contribution in [-0.4, -0.2) is 97.2 Å². The van der Waals surface area contributed by atoms with Gasteiger partial charge in [0, 0.05) is 69.1 Å². The molecule has 0 saturated carbocycles. The van der Waals surface area contributed by atoms with Gasteiger partial charge < -0.3 is 39.6 Å². The Morgan fingerprint density at radius 1 is 1.02 bits per heavy atom. The first-order valence-corrected chi connectivity index (χ1v) is 15.9. The van der Waals surface area contributed by atoms with Gasteiger partial charge in [-0.2, -0.15) is 0 Å². The number of aromatic nitrogens is 2. The number of methoxy groups -OCH3 is 1. The zero-order chi connectivity index (χ0) is 32.5. The average Bonchev–Trinajstić information content (AvgIpc) is 3.04. The van der Waals surface area contributed by atoms with E-state index in [0.29, 0.717) is 61.8 Å². The Morgan fingerprint density at radius 2 is 1.78 bits per heavy atom. The normalized spacial score (nSPS) is 16.1. The van der Waals surface area contributed by atoms with Gasteiger partial charge in [-0.05, 0) is 63.6 Å². The van der Waals surface area contributed by atoms with Gasteiger partial charge in [-0.25, -0.2) is 14.8 Å². The second kappa shape index (κ2) is 15.3. The number of benzene rings is 2. The van der Waals surface area contributed by atoms with Crippen LogP contribution in [0.5, 0.6) is 17.2 Å². The molecule has 0 bridgehead atoms. The highest BCUT2D eigenvalue weighted by molar-refractivity contribution is 5.70. The molecule has 0 unspecified atom stereocenters. The third kappa shape index (κ3) is 9.37. The van der Waals surface area contributed by atoms with Crippen molar-refractivity contribution in [2.24, 2.45) is 0 Å². The van der Waals surface area contributed by atoms with Crippen molar-refractivity contribution in [1.82, 2.24) is 19.8 Å². The zero-order valence-electron chi connectivity index (χ0n) is 27.3. The molecule has 2 fully saturated rings. The Kier molecular flexibility index (Phi) is 11.0. The second-order valence-corrected chi connectivity index (χ2v) is 12.4. The van der Waals surface area contributed by atoms with Gasteiger partial charge in [-0.15, -0.1) is 0 Å². The quantitative estimate of drug-likeness (QED) is 0.209. The fraction of sp³-hybridized carbons (Fsp3) is 0.500. The number of amides is 1. The molecule has 3 aromatic rings. The Labute approximate surface area is 271 Å². The lowest BCUT2D eigenvalue weighted by atomic mass is 10.1. The summed E-state index contributed by atoms with van der Waals surface area (Å²) in [5.41, 5.74) is 8.80. The molecule has 46 heavy (non-hydrogen) atoms. The van der Waals surface area contributed by atoms with Crippen molar-refractivity contribution in [2.45, 2.75) is 51.7 Å². The van der Waals surface area contributed by atoms with Crippen LogP contribution in [0.15, 0.2) is 48.7 Å². The molecule has 3 heterocycles. The molecule has 2 saturated heterocycles. The minimum absolute atomic E-state index is 0.114. The maximum absolute atomic E-state index is 12.3. The molecule has 3 N–H and O–H groups in total. The average molecular weight is 635 g/mol. The summed E-state index contributed by atoms with van der Waals surface area (Å²) in [6.45, 7) is 11.4. The van der Waals surface area contributed by atoms with Crippen LogP contribution in [0.4, 0.5) is 22.1 Å². The number of hydrogen-bond acceptors (Lipinski definition) is 11. The number of nitrogens with zero attached hydrogens (tertiary/aromatic N) is 4. The van der Waals surface area contributed by atoms with Crippen molar-refractivity contribution in [3.05, 3.63) is 48.7 Å². The van der Waals surface area contributed by atoms with E-state index in [0.717, 1.165) is 55.8 Å². The molecular weight excluding hydrogens is 588 g/mol. The van der Waals surface area contributed by atoms with E-state index in [1.54, 1.807) is 18.2 Å². The molecule has 248 valence electrons. The van der Waals surface area contributed by atoms with Crippen LogP contribution in [0.2, 0.25) is 0 Å². The van der Waals surface area contributed by atoms with E-state index in [1.807, 2.05) is 63.2 Å². The van der Waals surface area contributed by atoms with Gasteiger partial charge >= 0.3 is 6.09 Å². The molecule has 2 aliphatic heterocycles. The predicted octanol–water partition coefficient (Wildman–Crippen LogP) is 5.36. The maximum atomic E-state index is 12.3. The first kappa shape index (κ1) is 33.1. The van der Waals surface area contributed by atoms with Gasteiger partial charge in [-0.1, -0.05) is 0 Å². The number of nitrogens with one attached hydrogen (secondary N) is 1. The highest BCUT2D eigenvalue weighted by atomic mass is 16.6. The number of carbonyl (C=O) groups excluding carboxylic acids is 1. The summed E-state index contributed by atoms with van der Waals surface area (Å²) in [4.78, 5) is 25.6. The van der Waals surface area contributed by atoms with Crippen LogP contribution in [0, 0.1) is 0 Å². The fourth-order valence-corrected chi connectivity index (χ4v) is 5.32. The molecular formula is C34H46N6O6. The Hall–Kier alpha value is -4.29. The number of carbonyl (C=O) groups is 1. The molecule has 0 radical (unpaired) electrons.